The van der Waals surface area contributed by atoms with Gasteiger partial charge in [0.15, 0.2) is 0 Å². The quantitative estimate of drug-likeness (QED) is 0.256. The Bertz CT molecular complexity index is 906. The van der Waals surface area contributed by atoms with Crippen molar-refractivity contribution in [3.63, 3.8) is 0 Å². The van der Waals surface area contributed by atoms with Crippen LogP contribution < -0.4 is 17.0 Å². The van der Waals surface area contributed by atoms with Crippen molar-refractivity contribution in [2.75, 3.05) is 0 Å². The third-order valence-corrected chi connectivity index (χ3v) is 6.43. The number of aryl methyl sites for hydroxylation is 2. The molecule has 2 fully saturated rings. The van der Waals surface area contributed by atoms with Crippen LogP contribution in [0.1, 0.15) is 97.9 Å². The molecule has 2 aromatic carbocycles. The van der Waals surface area contributed by atoms with Crippen LogP contribution in [0.3, 0.4) is 0 Å². The fourth-order valence-electron chi connectivity index (χ4n) is 4.27. The Hall–Kier alpha value is 0.0557. The maximum atomic E-state index is 9.18. The van der Waals surface area contributed by atoms with Crippen molar-refractivity contribution in [3.05, 3.63) is 75.7 Å². The molecule has 2 aliphatic carbocycles. The van der Waals surface area contributed by atoms with Crippen molar-refractivity contribution in [2.45, 2.75) is 84.0 Å². The van der Waals surface area contributed by atoms with E-state index in [2.05, 4.69) is 24.6 Å². The average molecular weight is 664 g/mol. The van der Waals surface area contributed by atoms with Crippen molar-refractivity contribution in [2.24, 2.45) is 0 Å². The summed E-state index contributed by atoms with van der Waals surface area (Å²) in [6, 6.07) is 16.1. The molecular formula is C28H34BrCl3MgMnN2. The first-order valence-corrected chi connectivity index (χ1v) is 15.5. The topological polar surface area (TPSA) is 47.6 Å². The number of halogens is 4. The predicted octanol–water partition coefficient (Wildman–Crippen LogP) is 6.59. The summed E-state index contributed by atoms with van der Waals surface area (Å²) in [6.07, 6.45) is 16.0. The van der Waals surface area contributed by atoms with Crippen molar-refractivity contribution in [3.8, 4) is 12.1 Å². The first-order valence-electron chi connectivity index (χ1n) is 11.8. The fraction of sp³-hybridized carbons (Fsp3) is 0.464. The Balaban J connectivity index is 0. The average Bonchev–Trinajstić information content (AvgIpc) is 2.87. The van der Waals surface area contributed by atoms with E-state index < -0.39 is 0 Å². The summed E-state index contributed by atoms with van der Waals surface area (Å²) in [5, 5.41) is 18.3. The van der Waals surface area contributed by atoms with Crippen molar-refractivity contribution >= 4 is 54.8 Å². The zero-order chi connectivity index (χ0) is 25.2. The third kappa shape index (κ3) is 14.9. The molecule has 0 N–H and O–H groups in total. The fourth-order valence-corrected chi connectivity index (χ4v) is 4.53. The largest absolute Gasteiger partial charge is 2.00 e. The van der Waals surface area contributed by atoms with Gasteiger partial charge < -0.3 is 23.4 Å². The Labute approximate surface area is 265 Å². The molecule has 8 heteroatoms. The van der Waals surface area contributed by atoms with Gasteiger partial charge in [0.1, 0.15) is 6.07 Å². The van der Waals surface area contributed by atoms with Gasteiger partial charge in [0.05, 0.1) is 22.2 Å². The zero-order valence-electron chi connectivity index (χ0n) is 21.2. The molecule has 2 aliphatic rings. The summed E-state index contributed by atoms with van der Waals surface area (Å²) >= 11 is 5.71. The van der Waals surface area contributed by atoms with Gasteiger partial charge in [-0.05, 0) is 55.4 Å². The molecule has 0 unspecified atom stereocenters. The number of hydrogen-bond donors (Lipinski definition) is 0. The van der Waals surface area contributed by atoms with Crippen LogP contribution in [-0.4, -0.2) is 23.1 Å². The van der Waals surface area contributed by atoms with Gasteiger partial charge in [0.25, 0.3) is 0 Å². The molecule has 0 radical (unpaired) electrons. The molecule has 0 aromatic heterocycles. The molecule has 0 amide bonds. The molecular weight excluding hydrogens is 630 g/mol. The standard InChI is InChI=1S/C14H17N.C8H6ClN.C6H11.BrH.2ClH.Mg.Mn/c1-11-6-5-9-13(14(11)10-15)12-7-3-2-4-8-12;1-6-3-2-4-8(9)7(6)5-10;1-2-4-6-5-3-1;;;;;/h5-6,9,12H,2-4,7-8H2,1H3;2-4H,1H3;1H,2-6H2;3*1H;;/q;;-1;;;;2*+2/p-3. The van der Waals surface area contributed by atoms with E-state index in [0.717, 1.165) is 16.7 Å². The van der Waals surface area contributed by atoms with Crippen molar-refractivity contribution in [1.29, 1.82) is 10.5 Å². The summed E-state index contributed by atoms with van der Waals surface area (Å²) in [5.74, 6) is 0.633. The van der Waals surface area contributed by atoms with Gasteiger partial charge in [0, 0.05) is 0 Å². The summed E-state index contributed by atoms with van der Waals surface area (Å²) in [6.45, 7) is 3.90. The van der Waals surface area contributed by atoms with E-state index in [-0.39, 0.29) is 53.2 Å². The minimum atomic E-state index is 0. The Morgan fingerprint density at radius 3 is 1.67 bits per heavy atom. The number of hydrogen-bond acceptors (Lipinski definition) is 2. The number of rotatable bonds is 1. The SMILES string of the molecule is Cc1cccc(C2CCCCC2)c1C#N.Cc1cccc(Cl)c1C#N.[Br-].[CH-]1CCCCC1.[Cl][Mn][Cl].[Mg+2]. The molecule has 2 saturated carbocycles. The Morgan fingerprint density at radius 2 is 1.28 bits per heavy atom. The van der Waals surface area contributed by atoms with Crippen LogP contribution in [0, 0.1) is 42.9 Å². The molecule has 0 heterocycles. The van der Waals surface area contributed by atoms with Crippen LogP contribution in [-0.2, 0) is 13.1 Å². The molecule has 0 saturated heterocycles. The predicted molar refractivity (Wildman–Crippen MR) is 147 cm³/mol. The van der Waals surface area contributed by atoms with Crippen molar-refractivity contribution in [1.82, 2.24) is 0 Å². The summed E-state index contributed by atoms with van der Waals surface area (Å²) in [4.78, 5) is 0. The minimum Gasteiger partial charge on any atom is 2.00 e. The number of nitrogens with zero attached hydrogens (tertiary/aromatic N) is 2. The maximum Gasteiger partial charge on any atom is 2.00 e. The first-order chi connectivity index (χ1) is 16.5. The van der Waals surface area contributed by atoms with Crippen LogP contribution >= 0.6 is 31.8 Å². The van der Waals surface area contributed by atoms with E-state index in [9.17, 15) is 5.26 Å². The van der Waals surface area contributed by atoms with Crippen LogP contribution in [0.2, 0.25) is 5.02 Å². The van der Waals surface area contributed by atoms with Gasteiger partial charge in [-0.1, -0.05) is 80.5 Å². The summed E-state index contributed by atoms with van der Waals surface area (Å²) in [7, 11) is 9.59. The zero-order valence-corrected chi connectivity index (χ0v) is 27.6. The van der Waals surface area contributed by atoms with E-state index in [0.29, 0.717) is 16.5 Å². The molecule has 36 heavy (non-hydrogen) atoms. The maximum absolute atomic E-state index is 9.18. The van der Waals surface area contributed by atoms with Crippen LogP contribution in [0.4, 0.5) is 0 Å². The summed E-state index contributed by atoms with van der Waals surface area (Å²) in [5.41, 5.74) is 4.83. The molecule has 2 aromatic rings. The van der Waals surface area contributed by atoms with Gasteiger partial charge in [-0.2, -0.15) is 23.4 Å². The molecule has 193 valence electrons. The monoisotopic (exact) mass is 661 g/mol. The Kier molecular flexibility index (Phi) is 25.6. The third-order valence-electron chi connectivity index (χ3n) is 6.11. The molecule has 0 bridgehead atoms. The van der Waals surface area contributed by atoms with Gasteiger partial charge >= 0.3 is 56.4 Å². The Morgan fingerprint density at radius 1 is 0.806 bits per heavy atom. The van der Waals surface area contributed by atoms with Crippen LogP contribution in [0.5, 0.6) is 0 Å². The van der Waals surface area contributed by atoms with Gasteiger partial charge in [0.2, 0.25) is 0 Å². The second kappa shape index (κ2) is 24.1. The van der Waals surface area contributed by atoms with E-state index in [4.69, 9.17) is 37.1 Å². The molecule has 0 atom stereocenters. The first kappa shape index (κ1) is 38.2. The van der Waals surface area contributed by atoms with Crippen LogP contribution in [0.15, 0.2) is 36.4 Å². The van der Waals surface area contributed by atoms with Gasteiger partial charge in [-0.3, -0.25) is 0 Å². The number of nitriles is 2. The smallest absolute Gasteiger partial charge is 2.00 e. The second-order valence-corrected chi connectivity index (χ2v) is 10.9. The van der Waals surface area contributed by atoms with Gasteiger partial charge in [-0.15, -0.1) is 0 Å². The van der Waals surface area contributed by atoms with Crippen molar-refractivity contribution < 1.29 is 30.1 Å². The molecule has 0 aliphatic heterocycles. The van der Waals surface area contributed by atoms with E-state index in [1.807, 2.05) is 38.1 Å². The van der Waals surface area contributed by atoms with Gasteiger partial charge in [-0.25, -0.2) is 0 Å². The normalized spacial score (nSPS) is 14.2. The molecule has 0 spiro atoms. The van der Waals surface area contributed by atoms with E-state index in [1.54, 1.807) is 6.07 Å². The number of benzene rings is 2. The second-order valence-electron chi connectivity index (χ2n) is 8.51. The molecule has 2 nitrogen and oxygen atoms in total. The minimum absolute atomic E-state index is 0. The van der Waals surface area contributed by atoms with E-state index in [1.165, 1.54) is 69.8 Å². The molecule has 4 rings (SSSR count). The van der Waals surface area contributed by atoms with E-state index >= 15 is 0 Å². The summed E-state index contributed by atoms with van der Waals surface area (Å²) < 4.78 is 0. The van der Waals surface area contributed by atoms with Crippen LogP contribution in [0.25, 0.3) is 0 Å².